The largest absolute Gasteiger partial charge is 0.317 e. The molecule has 1 saturated heterocycles. The van der Waals surface area contributed by atoms with Gasteiger partial charge in [-0.05, 0) is 38.1 Å². The van der Waals surface area contributed by atoms with E-state index in [0.29, 0.717) is 16.1 Å². The lowest BCUT2D eigenvalue weighted by Crippen LogP contribution is -2.29. The zero-order valence-electron chi connectivity index (χ0n) is 10.3. The van der Waals surface area contributed by atoms with Gasteiger partial charge in [-0.25, -0.2) is 4.68 Å². The molecule has 0 saturated carbocycles. The maximum Gasteiger partial charge on any atom is 0.113 e. The van der Waals surface area contributed by atoms with Crippen LogP contribution in [-0.2, 0) is 0 Å². The monoisotopic (exact) mass is 296 g/mol. The van der Waals surface area contributed by atoms with Gasteiger partial charge in [0.1, 0.15) is 5.69 Å². The predicted octanol–water partition coefficient (Wildman–Crippen LogP) is 3.18. The van der Waals surface area contributed by atoms with E-state index in [-0.39, 0.29) is 0 Å². The van der Waals surface area contributed by atoms with Gasteiger partial charge in [0.05, 0.1) is 22.3 Å². The first-order valence-electron chi connectivity index (χ1n) is 6.32. The molecular weight excluding hydrogens is 283 g/mol. The van der Waals surface area contributed by atoms with Gasteiger partial charge in [-0.15, -0.1) is 5.10 Å². The minimum absolute atomic E-state index is 0.435. The van der Waals surface area contributed by atoms with Crippen molar-refractivity contribution in [3.05, 3.63) is 34.4 Å². The summed E-state index contributed by atoms with van der Waals surface area (Å²) in [5.74, 6) is 0. The second-order valence-electron chi connectivity index (χ2n) is 4.69. The van der Waals surface area contributed by atoms with Gasteiger partial charge in [0.25, 0.3) is 0 Å². The standard InChI is InChI=1S/C13H14Cl2N4/c14-11-2-1-9(7-12(11)15)13-8-19(18-17-13)10-3-5-16-6-4-10/h1-2,7-8,10,16H,3-6H2. The Morgan fingerprint density at radius 2 is 1.95 bits per heavy atom. The number of halogens is 2. The third kappa shape index (κ3) is 2.76. The first kappa shape index (κ1) is 12.9. The molecule has 2 aromatic rings. The zero-order valence-corrected chi connectivity index (χ0v) is 11.8. The molecule has 1 aliphatic heterocycles. The Morgan fingerprint density at radius 3 is 2.68 bits per heavy atom. The summed E-state index contributed by atoms with van der Waals surface area (Å²) in [4.78, 5) is 0. The van der Waals surface area contributed by atoms with E-state index in [1.807, 2.05) is 23.0 Å². The number of rotatable bonds is 2. The molecule has 6 heteroatoms. The molecule has 19 heavy (non-hydrogen) atoms. The smallest absolute Gasteiger partial charge is 0.113 e. The molecule has 0 unspecified atom stereocenters. The molecular formula is C13H14Cl2N4. The molecule has 0 radical (unpaired) electrons. The Bertz CT molecular complexity index is 576. The Balaban J connectivity index is 1.85. The van der Waals surface area contributed by atoms with E-state index in [1.165, 1.54) is 0 Å². The summed E-state index contributed by atoms with van der Waals surface area (Å²) in [6.45, 7) is 2.07. The molecule has 1 aromatic carbocycles. The molecule has 0 amide bonds. The summed E-state index contributed by atoms with van der Waals surface area (Å²) in [5.41, 5.74) is 1.77. The van der Waals surface area contributed by atoms with Crippen LogP contribution in [0.25, 0.3) is 11.3 Å². The number of aromatic nitrogens is 3. The second-order valence-corrected chi connectivity index (χ2v) is 5.51. The van der Waals surface area contributed by atoms with Gasteiger partial charge in [0.2, 0.25) is 0 Å². The van der Waals surface area contributed by atoms with Crippen molar-refractivity contribution in [3.8, 4) is 11.3 Å². The van der Waals surface area contributed by atoms with Crippen LogP contribution in [0.4, 0.5) is 0 Å². The fourth-order valence-electron chi connectivity index (χ4n) is 2.31. The number of nitrogens with zero attached hydrogens (tertiary/aromatic N) is 3. The predicted molar refractivity (Wildman–Crippen MR) is 76.6 cm³/mol. The third-order valence-electron chi connectivity index (χ3n) is 3.41. The van der Waals surface area contributed by atoms with E-state index in [0.717, 1.165) is 37.2 Å². The molecule has 100 valence electrons. The SMILES string of the molecule is Clc1ccc(-c2cn(C3CCNCC3)nn2)cc1Cl. The van der Waals surface area contributed by atoms with E-state index in [9.17, 15) is 0 Å². The lowest BCUT2D eigenvalue weighted by atomic mass is 10.1. The van der Waals surface area contributed by atoms with Crippen LogP contribution in [0.15, 0.2) is 24.4 Å². The van der Waals surface area contributed by atoms with E-state index in [2.05, 4.69) is 15.6 Å². The van der Waals surface area contributed by atoms with Crippen LogP contribution in [0.1, 0.15) is 18.9 Å². The van der Waals surface area contributed by atoms with Crippen LogP contribution in [0.2, 0.25) is 10.0 Å². The average molecular weight is 297 g/mol. The molecule has 0 spiro atoms. The van der Waals surface area contributed by atoms with E-state index >= 15 is 0 Å². The van der Waals surface area contributed by atoms with Gasteiger partial charge in [-0.2, -0.15) is 0 Å². The summed E-state index contributed by atoms with van der Waals surface area (Å²) >= 11 is 11.9. The Labute approximate surface area is 121 Å². The van der Waals surface area contributed by atoms with Crippen molar-refractivity contribution in [2.24, 2.45) is 0 Å². The summed E-state index contributed by atoms with van der Waals surface area (Å²) in [5, 5.41) is 12.9. The number of hydrogen-bond acceptors (Lipinski definition) is 3. The molecule has 1 aliphatic rings. The minimum Gasteiger partial charge on any atom is -0.317 e. The highest BCUT2D eigenvalue weighted by molar-refractivity contribution is 6.42. The molecule has 2 heterocycles. The Kier molecular flexibility index (Phi) is 3.73. The summed E-state index contributed by atoms with van der Waals surface area (Å²) in [6, 6.07) is 5.94. The van der Waals surface area contributed by atoms with Crippen molar-refractivity contribution in [1.82, 2.24) is 20.3 Å². The van der Waals surface area contributed by atoms with Crippen LogP contribution >= 0.6 is 23.2 Å². The molecule has 1 fully saturated rings. The molecule has 3 rings (SSSR count). The van der Waals surface area contributed by atoms with Crippen LogP contribution in [-0.4, -0.2) is 28.1 Å². The topological polar surface area (TPSA) is 42.7 Å². The maximum atomic E-state index is 6.02. The number of piperidine rings is 1. The van der Waals surface area contributed by atoms with E-state index in [1.54, 1.807) is 6.07 Å². The van der Waals surface area contributed by atoms with Crippen molar-refractivity contribution < 1.29 is 0 Å². The quantitative estimate of drug-likeness (QED) is 0.925. The lowest BCUT2D eigenvalue weighted by Gasteiger charge is -2.22. The molecule has 0 aliphatic carbocycles. The summed E-state index contributed by atoms with van der Waals surface area (Å²) in [6.07, 6.45) is 4.16. The van der Waals surface area contributed by atoms with Gasteiger partial charge in [0, 0.05) is 5.56 Å². The normalized spacial score (nSPS) is 16.7. The Morgan fingerprint density at radius 1 is 1.16 bits per heavy atom. The summed E-state index contributed by atoms with van der Waals surface area (Å²) < 4.78 is 1.96. The van der Waals surface area contributed by atoms with Gasteiger partial charge < -0.3 is 5.32 Å². The highest BCUT2D eigenvalue weighted by atomic mass is 35.5. The number of hydrogen-bond donors (Lipinski definition) is 1. The number of benzene rings is 1. The molecule has 1 N–H and O–H groups in total. The van der Waals surface area contributed by atoms with Crippen LogP contribution in [0, 0.1) is 0 Å². The van der Waals surface area contributed by atoms with Gasteiger partial charge in [0.15, 0.2) is 0 Å². The van der Waals surface area contributed by atoms with Crippen molar-refractivity contribution in [2.45, 2.75) is 18.9 Å². The average Bonchev–Trinajstić information content (AvgIpc) is 2.93. The Hall–Kier alpha value is -1.10. The minimum atomic E-state index is 0.435. The highest BCUT2D eigenvalue weighted by Gasteiger charge is 2.17. The van der Waals surface area contributed by atoms with Gasteiger partial charge in [-0.3, -0.25) is 0 Å². The van der Waals surface area contributed by atoms with Crippen molar-refractivity contribution >= 4 is 23.2 Å². The molecule has 1 aromatic heterocycles. The first-order valence-corrected chi connectivity index (χ1v) is 7.07. The second kappa shape index (κ2) is 5.49. The van der Waals surface area contributed by atoms with Crippen molar-refractivity contribution in [1.29, 1.82) is 0 Å². The molecule has 0 atom stereocenters. The zero-order chi connectivity index (χ0) is 13.2. The van der Waals surface area contributed by atoms with Crippen LogP contribution < -0.4 is 5.32 Å². The summed E-state index contributed by atoms with van der Waals surface area (Å²) in [7, 11) is 0. The van der Waals surface area contributed by atoms with Gasteiger partial charge >= 0.3 is 0 Å². The van der Waals surface area contributed by atoms with Crippen molar-refractivity contribution in [3.63, 3.8) is 0 Å². The van der Waals surface area contributed by atoms with Crippen LogP contribution in [0.5, 0.6) is 0 Å². The first-order chi connectivity index (χ1) is 9.24. The fourth-order valence-corrected chi connectivity index (χ4v) is 2.61. The fraction of sp³-hybridized carbons (Fsp3) is 0.385. The third-order valence-corrected chi connectivity index (χ3v) is 4.15. The molecule has 4 nitrogen and oxygen atoms in total. The number of nitrogens with one attached hydrogen (secondary N) is 1. The van der Waals surface area contributed by atoms with E-state index in [4.69, 9.17) is 23.2 Å². The van der Waals surface area contributed by atoms with Gasteiger partial charge in [-0.1, -0.05) is 34.5 Å². The van der Waals surface area contributed by atoms with Crippen molar-refractivity contribution in [2.75, 3.05) is 13.1 Å². The van der Waals surface area contributed by atoms with E-state index < -0.39 is 0 Å². The highest BCUT2D eigenvalue weighted by Crippen LogP contribution is 2.28. The van der Waals surface area contributed by atoms with Crippen LogP contribution in [0.3, 0.4) is 0 Å². The lowest BCUT2D eigenvalue weighted by molar-refractivity contribution is 0.337. The molecule has 0 bridgehead atoms. The maximum absolute atomic E-state index is 6.02.